The highest BCUT2D eigenvalue weighted by Gasteiger charge is 2.17. The molecule has 1 aliphatic rings. The molecule has 0 atom stereocenters. The van der Waals surface area contributed by atoms with Crippen LogP contribution in [0.3, 0.4) is 0 Å². The molecule has 98 valence electrons. The number of nitrogens with one attached hydrogen (secondary N) is 1. The minimum absolute atomic E-state index is 0.651. The fourth-order valence-electron chi connectivity index (χ4n) is 2.50. The maximum atomic E-state index is 6.08. The first-order valence-corrected chi connectivity index (χ1v) is 8.11. The van der Waals surface area contributed by atoms with Crippen LogP contribution in [0, 0.1) is 0 Å². The van der Waals surface area contributed by atoms with E-state index in [0.29, 0.717) is 6.04 Å². The van der Waals surface area contributed by atoms with Gasteiger partial charge >= 0.3 is 0 Å². The number of hydrogen-bond acceptors (Lipinski definition) is 2. The molecule has 0 aliphatic heterocycles. The highest BCUT2D eigenvalue weighted by Crippen LogP contribution is 2.29. The van der Waals surface area contributed by atoms with Crippen LogP contribution in [0.25, 0.3) is 0 Å². The van der Waals surface area contributed by atoms with Gasteiger partial charge in [0, 0.05) is 21.5 Å². The van der Waals surface area contributed by atoms with Crippen molar-refractivity contribution in [2.45, 2.75) is 44.1 Å². The van der Waals surface area contributed by atoms with Crippen molar-refractivity contribution in [3.05, 3.63) is 26.6 Å². The Kier molecular flexibility index (Phi) is 5.16. The molecule has 2 nitrogen and oxygen atoms in total. The van der Waals surface area contributed by atoms with Gasteiger partial charge in [-0.2, -0.15) is 0 Å². The summed E-state index contributed by atoms with van der Waals surface area (Å²) in [6, 6.07) is 4.73. The quantitative estimate of drug-likeness (QED) is 0.630. The van der Waals surface area contributed by atoms with Gasteiger partial charge in [0.2, 0.25) is 0 Å². The highest BCUT2D eigenvalue weighted by molar-refractivity contribution is 9.11. The van der Waals surface area contributed by atoms with Gasteiger partial charge in [-0.3, -0.25) is 0 Å². The summed E-state index contributed by atoms with van der Waals surface area (Å²) in [6.45, 7) is 0.850. The van der Waals surface area contributed by atoms with E-state index in [1.54, 1.807) is 0 Å². The minimum atomic E-state index is 0.651. The zero-order valence-corrected chi connectivity index (χ0v) is 13.9. The van der Waals surface area contributed by atoms with Crippen LogP contribution in [0.5, 0.6) is 0 Å². The van der Waals surface area contributed by atoms with E-state index in [0.717, 1.165) is 32.6 Å². The number of hydrogen-bond donors (Lipinski definition) is 2. The molecule has 0 unspecified atom stereocenters. The number of nitrogen functional groups attached to an aromatic ring is 1. The van der Waals surface area contributed by atoms with Crippen molar-refractivity contribution in [3.63, 3.8) is 0 Å². The van der Waals surface area contributed by atoms with E-state index in [4.69, 9.17) is 5.73 Å². The number of halogens is 2. The van der Waals surface area contributed by atoms with Gasteiger partial charge in [0.1, 0.15) is 7.85 Å². The van der Waals surface area contributed by atoms with Gasteiger partial charge in [-0.05, 0) is 46.5 Å². The Morgan fingerprint density at radius 2 is 1.89 bits per heavy atom. The smallest absolute Gasteiger partial charge is 0.105 e. The molecule has 0 radical (unpaired) electrons. The fourth-order valence-corrected chi connectivity index (χ4v) is 3.82. The van der Waals surface area contributed by atoms with Crippen LogP contribution in [-0.4, -0.2) is 13.9 Å². The molecule has 0 aromatic heterocycles. The molecule has 1 fully saturated rings. The Bertz CT molecular complexity index is 418. The van der Waals surface area contributed by atoms with Crippen LogP contribution in [0.2, 0.25) is 5.82 Å². The second-order valence-electron chi connectivity index (χ2n) is 5.30. The maximum absolute atomic E-state index is 6.08. The lowest BCUT2D eigenvalue weighted by Gasteiger charge is -2.27. The highest BCUT2D eigenvalue weighted by atomic mass is 79.9. The average molecular weight is 374 g/mol. The third-order valence-corrected chi connectivity index (χ3v) is 4.89. The maximum Gasteiger partial charge on any atom is 0.105 e. The Hall–Kier alpha value is 0.00494. The summed E-state index contributed by atoms with van der Waals surface area (Å²) in [6.07, 6.45) is 5.26. The molecule has 1 aromatic carbocycles. The first-order valence-electron chi connectivity index (χ1n) is 6.53. The van der Waals surface area contributed by atoms with Gasteiger partial charge in [0.25, 0.3) is 0 Å². The van der Waals surface area contributed by atoms with E-state index in [1.165, 1.54) is 25.7 Å². The van der Waals surface area contributed by atoms with Gasteiger partial charge in [0.05, 0.1) is 5.69 Å². The normalized spacial score (nSPS) is 24.1. The number of rotatable bonds is 3. The van der Waals surface area contributed by atoms with Gasteiger partial charge < -0.3 is 11.1 Å². The van der Waals surface area contributed by atoms with Gasteiger partial charge in [-0.25, -0.2) is 0 Å². The zero-order chi connectivity index (χ0) is 13.1. The van der Waals surface area contributed by atoms with Crippen molar-refractivity contribution in [2.24, 2.45) is 0 Å². The molecule has 0 bridgehead atoms. The molecule has 0 saturated heterocycles. The van der Waals surface area contributed by atoms with E-state index in [2.05, 4.69) is 51.1 Å². The van der Waals surface area contributed by atoms with Crippen molar-refractivity contribution in [2.75, 3.05) is 5.73 Å². The molecule has 1 aromatic rings. The molecule has 1 aliphatic carbocycles. The molecular formula is C13H19BBr2N2. The third-order valence-electron chi connectivity index (χ3n) is 3.78. The summed E-state index contributed by atoms with van der Waals surface area (Å²) >= 11 is 7.00. The standard InChI is InChI=1S/C13H19BBr2N2/c14-9-1-3-11(4-2-9)18-7-8-5-10(15)6-12(16)13(8)17/h5-6,9,11,18H,1-4,7,14,17H2. The SMILES string of the molecule is BC1CCC(NCc2cc(Br)cc(Br)c2N)CC1. The predicted molar refractivity (Wildman–Crippen MR) is 87.6 cm³/mol. The first-order chi connectivity index (χ1) is 8.56. The minimum Gasteiger partial charge on any atom is -0.398 e. The lowest BCUT2D eigenvalue weighted by molar-refractivity contribution is 0.373. The second kappa shape index (κ2) is 6.44. The molecule has 18 heavy (non-hydrogen) atoms. The first kappa shape index (κ1) is 14.4. The average Bonchev–Trinajstić information content (AvgIpc) is 2.34. The molecule has 5 heteroatoms. The number of anilines is 1. The van der Waals surface area contributed by atoms with E-state index in [9.17, 15) is 0 Å². The Labute approximate surface area is 127 Å². The van der Waals surface area contributed by atoms with Crippen LogP contribution < -0.4 is 11.1 Å². The molecule has 0 heterocycles. The third kappa shape index (κ3) is 3.75. The molecule has 1 saturated carbocycles. The molecular weight excluding hydrogens is 355 g/mol. The summed E-state index contributed by atoms with van der Waals surface area (Å²) in [5, 5.41) is 3.63. The van der Waals surface area contributed by atoms with Gasteiger partial charge in [0.15, 0.2) is 0 Å². The van der Waals surface area contributed by atoms with Crippen LogP contribution in [-0.2, 0) is 6.54 Å². The van der Waals surface area contributed by atoms with Crippen molar-refractivity contribution < 1.29 is 0 Å². The van der Waals surface area contributed by atoms with E-state index < -0.39 is 0 Å². The van der Waals surface area contributed by atoms with Crippen molar-refractivity contribution in [1.29, 1.82) is 0 Å². The molecule has 0 spiro atoms. The van der Waals surface area contributed by atoms with Crippen molar-refractivity contribution in [1.82, 2.24) is 5.32 Å². The molecule has 3 N–H and O–H groups in total. The molecule has 2 rings (SSSR count). The number of nitrogens with two attached hydrogens (primary N) is 1. The monoisotopic (exact) mass is 372 g/mol. The van der Waals surface area contributed by atoms with Gasteiger partial charge in [-0.15, -0.1) is 0 Å². The Morgan fingerprint density at radius 1 is 1.22 bits per heavy atom. The topological polar surface area (TPSA) is 38.0 Å². The lowest BCUT2D eigenvalue weighted by atomic mass is 9.74. The summed E-state index contributed by atoms with van der Waals surface area (Å²) < 4.78 is 2.03. The lowest BCUT2D eigenvalue weighted by Crippen LogP contribution is -2.32. The predicted octanol–water partition coefficient (Wildman–Crippen LogP) is 3.25. The summed E-state index contributed by atoms with van der Waals surface area (Å²) in [5.41, 5.74) is 8.09. The number of benzene rings is 1. The van der Waals surface area contributed by atoms with E-state index in [1.807, 2.05) is 6.07 Å². The van der Waals surface area contributed by atoms with Gasteiger partial charge in [-0.1, -0.05) is 34.6 Å². The van der Waals surface area contributed by atoms with E-state index >= 15 is 0 Å². The molecule has 0 amide bonds. The summed E-state index contributed by atoms with van der Waals surface area (Å²) in [5.74, 6) is 0.896. The van der Waals surface area contributed by atoms with Crippen LogP contribution in [0.4, 0.5) is 5.69 Å². The fraction of sp³-hybridized carbons (Fsp3) is 0.538. The summed E-state index contributed by atoms with van der Waals surface area (Å²) in [4.78, 5) is 0. The Morgan fingerprint density at radius 3 is 2.56 bits per heavy atom. The summed E-state index contributed by atoms with van der Waals surface area (Å²) in [7, 11) is 2.35. The van der Waals surface area contributed by atoms with E-state index in [-0.39, 0.29) is 0 Å². The van der Waals surface area contributed by atoms with Crippen LogP contribution in [0.15, 0.2) is 21.1 Å². The largest absolute Gasteiger partial charge is 0.398 e. The van der Waals surface area contributed by atoms with Crippen molar-refractivity contribution in [3.8, 4) is 0 Å². The zero-order valence-electron chi connectivity index (χ0n) is 10.7. The Balaban J connectivity index is 1.94. The second-order valence-corrected chi connectivity index (χ2v) is 7.07. The van der Waals surface area contributed by atoms with Crippen LogP contribution >= 0.6 is 31.9 Å². The van der Waals surface area contributed by atoms with Crippen LogP contribution in [0.1, 0.15) is 31.2 Å². The van der Waals surface area contributed by atoms with Crippen molar-refractivity contribution >= 4 is 45.4 Å².